The first-order valence-corrected chi connectivity index (χ1v) is 8.44. The van der Waals surface area contributed by atoms with Gasteiger partial charge in [-0.1, -0.05) is 31.9 Å². The molecular formula is C19H34N2. The van der Waals surface area contributed by atoms with E-state index in [2.05, 4.69) is 76.0 Å². The minimum Gasteiger partial charge on any atom is -0.369 e. The zero-order valence-corrected chi connectivity index (χ0v) is 14.9. The largest absolute Gasteiger partial charge is 0.369 e. The smallest absolute Gasteiger partial charge is 0.0368 e. The van der Waals surface area contributed by atoms with Gasteiger partial charge in [-0.05, 0) is 58.7 Å². The van der Waals surface area contributed by atoms with Gasteiger partial charge in [0.2, 0.25) is 0 Å². The number of nitrogens with zero attached hydrogens (tertiary/aromatic N) is 1. The Bertz CT molecular complexity index is 387. The Morgan fingerprint density at radius 1 is 1.05 bits per heavy atom. The summed E-state index contributed by atoms with van der Waals surface area (Å²) in [6.07, 6.45) is 3.88. The SMILES string of the molecule is CCCCCN(c1ccc(CNC(C)(C)C)cc1)C(C)C. The van der Waals surface area contributed by atoms with Gasteiger partial charge in [0.1, 0.15) is 0 Å². The molecule has 120 valence electrons. The van der Waals surface area contributed by atoms with Crippen molar-refractivity contribution >= 4 is 5.69 Å². The molecule has 0 heterocycles. The lowest BCUT2D eigenvalue weighted by Gasteiger charge is -2.29. The maximum atomic E-state index is 3.54. The maximum absolute atomic E-state index is 3.54. The molecule has 2 heteroatoms. The van der Waals surface area contributed by atoms with Crippen molar-refractivity contribution in [3.8, 4) is 0 Å². The lowest BCUT2D eigenvalue weighted by Crippen LogP contribution is -2.35. The topological polar surface area (TPSA) is 15.3 Å². The average molecular weight is 290 g/mol. The van der Waals surface area contributed by atoms with Gasteiger partial charge in [0.25, 0.3) is 0 Å². The lowest BCUT2D eigenvalue weighted by molar-refractivity contribution is 0.424. The number of anilines is 1. The van der Waals surface area contributed by atoms with Gasteiger partial charge in [0, 0.05) is 30.4 Å². The third-order valence-electron chi connectivity index (χ3n) is 3.72. The summed E-state index contributed by atoms with van der Waals surface area (Å²) in [6, 6.07) is 9.60. The zero-order valence-electron chi connectivity index (χ0n) is 14.9. The Labute approximate surface area is 131 Å². The molecule has 1 aromatic rings. The lowest BCUT2D eigenvalue weighted by atomic mass is 10.1. The van der Waals surface area contributed by atoms with Crippen LogP contribution in [0.15, 0.2) is 24.3 Å². The molecule has 0 unspecified atom stereocenters. The van der Waals surface area contributed by atoms with Crippen molar-refractivity contribution in [2.75, 3.05) is 11.4 Å². The monoisotopic (exact) mass is 290 g/mol. The quantitative estimate of drug-likeness (QED) is 0.679. The van der Waals surface area contributed by atoms with Crippen molar-refractivity contribution in [3.05, 3.63) is 29.8 Å². The van der Waals surface area contributed by atoms with Gasteiger partial charge >= 0.3 is 0 Å². The van der Waals surface area contributed by atoms with Gasteiger partial charge in [-0.2, -0.15) is 0 Å². The second-order valence-electron chi connectivity index (χ2n) is 7.26. The molecular weight excluding hydrogens is 256 g/mol. The summed E-state index contributed by atoms with van der Waals surface area (Å²) in [6.45, 7) is 15.5. The molecule has 1 rings (SSSR count). The maximum Gasteiger partial charge on any atom is 0.0368 e. The molecule has 0 saturated heterocycles. The van der Waals surface area contributed by atoms with E-state index in [1.54, 1.807) is 0 Å². The Morgan fingerprint density at radius 3 is 2.14 bits per heavy atom. The molecule has 0 aliphatic heterocycles. The second kappa shape index (κ2) is 8.43. The third kappa shape index (κ3) is 6.99. The van der Waals surface area contributed by atoms with Crippen molar-refractivity contribution in [2.24, 2.45) is 0 Å². The summed E-state index contributed by atoms with van der Waals surface area (Å²) in [4.78, 5) is 2.51. The van der Waals surface area contributed by atoms with Crippen LogP contribution in [0.5, 0.6) is 0 Å². The highest BCUT2D eigenvalue weighted by atomic mass is 15.1. The highest BCUT2D eigenvalue weighted by Crippen LogP contribution is 2.19. The van der Waals surface area contributed by atoms with Crippen molar-refractivity contribution < 1.29 is 0 Å². The van der Waals surface area contributed by atoms with Crippen molar-refractivity contribution in [2.45, 2.75) is 78.9 Å². The van der Waals surface area contributed by atoms with Gasteiger partial charge in [-0.25, -0.2) is 0 Å². The molecule has 0 aliphatic rings. The number of rotatable bonds is 8. The summed E-state index contributed by atoms with van der Waals surface area (Å²) in [5, 5.41) is 3.54. The predicted octanol–water partition coefficient (Wildman–Crippen LogP) is 4.98. The van der Waals surface area contributed by atoms with Gasteiger partial charge in [0.05, 0.1) is 0 Å². The van der Waals surface area contributed by atoms with Crippen LogP contribution in [0, 0.1) is 0 Å². The molecule has 2 nitrogen and oxygen atoms in total. The molecule has 21 heavy (non-hydrogen) atoms. The minimum atomic E-state index is 0.169. The molecule has 0 amide bonds. The number of unbranched alkanes of at least 4 members (excludes halogenated alkanes) is 2. The van der Waals surface area contributed by atoms with Crippen LogP contribution in [0.2, 0.25) is 0 Å². The second-order valence-corrected chi connectivity index (χ2v) is 7.26. The Balaban J connectivity index is 2.64. The van der Waals surface area contributed by atoms with Crippen LogP contribution in [0.25, 0.3) is 0 Å². The van der Waals surface area contributed by atoms with Crippen molar-refractivity contribution in [1.29, 1.82) is 0 Å². The average Bonchev–Trinajstić information content (AvgIpc) is 2.41. The van der Waals surface area contributed by atoms with Crippen LogP contribution in [0.4, 0.5) is 5.69 Å². The molecule has 0 fully saturated rings. The first kappa shape index (κ1) is 18.0. The van der Waals surface area contributed by atoms with E-state index in [1.165, 1.54) is 30.5 Å². The van der Waals surface area contributed by atoms with E-state index in [0.717, 1.165) is 13.1 Å². The molecule has 0 aliphatic carbocycles. The number of hydrogen-bond acceptors (Lipinski definition) is 2. The summed E-state index contributed by atoms with van der Waals surface area (Å²) in [5.74, 6) is 0. The number of benzene rings is 1. The van der Waals surface area contributed by atoms with Crippen LogP contribution in [-0.4, -0.2) is 18.1 Å². The van der Waals surface area contributed by atoms with Crippen molar-refractivity contribution in [3.63, 3.8) is 0 Å². The van der Waals surface area contributed by atoms with Crippen molar-refractivity contribution in [1.82, 2.24) is 5.32 Å². The third-order valence-corrected chi connectivity index (χ3v) is 3.72. The van der Waals surface area contributed by atoms with E-state index in [0.29, 0.717) is 6.04 Å². The molecule has 0 saturated carbocycles. The van der Waals surface area contributed by atoms with Crippen LogP contribution in [0.3, 0.4) is 0 Å². The number of hydrogen-bond donors (Lipinski definition) is 1. The molecule has 1 aromatic carbocycles. The normalized spacial score (nSPS) is 12.0. The summed E-state index contributed by atoms with van der Waals surface area (Å²) in [7, 11) is 0. The Hall–Kier alpha value is -1.02. The molecule has 0 bridgehead atoms. The fourth-order valence-corrected chi connectivity index (χ4v) is 2.39. The van der Waals surface area contributed by atoms with Crippen LogP contribution in [0.1, 0.15) is 66.4 Å². The molecule has 0 radical (unpaired) electrons. The van der Waals surface area contributed by atoms with E-state index in [4.69, 9.17) is 0 Å². The van der Waals surface area contributed by atoms with E-state index < -0.39 is 0 Å². The number of nitrogens with one attached hydrogen (secondary N) is 1. The van der Waals surface area contributed by atoms with Crippen LogP contribution < -0.4 is 10.2 Å². The zero-order chi connectivity index (χ0) is 15.9. The van der Waals surface area contributed by atoms with E-state index >= 15 is 0 Å². The van der Waals surface area contributed by atoms with Crippen LogP contribution >= 0.6 is 0 Å². The minimum absolute atomic E-state index is 0.169. The van der Waals surface area contributed by atoms with E-state index in [-0.39, 0.29) is 5.54 Å². The Kier molecular flexibility index (Phi) is 7.24. The first-order valence-electron chi connectivity index (χ1n) is 8.44. The van der Waals surface area contributed by atoms with Crippen LogP contribution in [-0.2, 0) is 6.54 Å². The summed E-state index contributed by atoms with van der Waals surface area (Å²) < 4.78 is 0. The highest BCUT2D eigenvalue weighted by Gasteiger charge is 2.11. The highest BCUT2D eigenvalue weighted by molar-refractivity contribution is 5.48. The van der Waals surface area contributed by atoms with E-state index in [1.807, 2.05) is 0 Å². The fraction of sp³-hybridized carbons (Fsp3) is 0.684. The summed E-state index contributed by atoms with van der Waals surface area (Å²) in [5.41, 5.74) is 2.87. The fourth-order valence-electron chi connectivity index (χ4n) is 2.39. The van der Waals surface area contributed by atoms with Gasteiger partial charge in [-0.3, -0.25) is 0 Å². The molecule has 1 N–H and O–H groups in total. The molecule has 0 spiro atoms. The van der Waals surface area contributed by atoms with Gasteiger partial charge in [-0.15, -0.1) is 0 Å². The van der Waals surface area contributed by atoms with Gasteiger partial charge < -0.3 is 10.2 Å². The predicted molar refractivity (Wildman–Crippen MR) is 95.0 cm³/mol. The summed E-state index contributed by atoms with van der Waals surface area (Å²) >= 11 is 0. The van der Waals surface area contributed by atoms with Gasteiger partial charge in [0.15, 0.2) is 0 Å². The first-order chi connectivity index (χ1) is 9.83. The standard InChI is InChI=1S/C19H34N2/c1-7-8-9-14-21(16(2)3)18-12-10-17(11-13-18)15-20-19(4,5)6/h10-13,16,20H,7-9,14-15H2,1-6H3. The molecule has 0 aromatic heterocycles. The Morgan fingerprint density at radius 2 is 1.67 bits per heavy atom. The molecule has 0 atom stereocenters. The van der Waals surface area contributed by atoms with E-state index in [9.17, 15) is 0 Å².